The lowest BCUT2D eigenvalue weighted by Crippen LogP contribution is -2.33. The maximum Gasteiger partial charge on any atom is 0.288 e. The van der Waals surface area contributed by atoms with Crippen LogP contribution in [0.4, 0.5) is 0 Å². The van der Waals surface area contributed by atoms with E-state index in [2.05, 4.69) is 26.6 Å². The monoisotopic (exact) mass is 290 g/mol. The van der Waals surface area contributed by atoms with Crippen molar-refractivity contribution >= 4 is 21.8 Å². The summed E-state index contributed by atoms with van der Waals surface area (Å²) in [7, 11) is 1.65. The minimum absolute atomic E-state index is 0.217. The Balaban J connectivity index is 2.14. The number of nitrogens with one attached hydrogen (secondary N) is 2. The van der Waals surface area contributed by atoms with E-state index in [0.29, 0.717) is 29.9 Å². The van der Waals surface area contributed by atoms with E-state index in [4.69, 9.17) is 9.15 Å². The van der Waals surface area contributed by atoms with Gasteiger partial charge in [-0.2, -0.15) is 0 Å². The predicted octanol–water partition coefficient (Wildman–Crippen LogP) is 1.01. The molecule has 1 rings (SSSR count). The number of hydrogen-bond acceptors (Lipinski definition) is 4. The summed E-state index contributed by atoms with van der Waals surface area (Å²) in [5.41, 5.74) is 0. The van der Waals surface area contributed by atoms with Crippen molar-refractivity contribution in [1.82, 2.24) is 10.6 Å². The highest BCUT2D eigenvalue weighted by molar-refractivity contribution is 9.10. The molecule has 16 heavy (non-hydrogen) atoms. The lowest BCUT2D eigenvalue weighted by Gasteiger charge is -2.05. The average Bonchev–Trinajstić information content (AvgIpc) is 2.69. The van der Waals surface area contributed by atoms with E-state index in [1.807, 2.05) is 0 Å². The molecule has 0 aliphatic heterocycles. The fourth-order valence-electron chi connectivity index (χ4n) is 1.10. The zero-order valence-corrected chi connectivity index (χ0v) is 10.7. The molecule has 90 valence electrons. The Morgan fingerprint density at radius 2 is 2.31 bits per heavy atom. The van der Waals surface area contributed by atoms with Gasteiger partial charge in [-0.25, -0.2) is 0 Å². The lowest BCUT2D eigenvalue weighted by atomic mass is 10.4. The van der Waals surface area contributed by atoms with E-state index >= 15 is 0 Å². The largest absolute Gasteiger partial charge is 0.458 e. The molecule has 0 fully saturated rings. The predicted molar refractivity (Wildman–Crippen MR) is 63.5 cm³/mol. The molecule has 0 aliphatic carbocycles. The Morgan fingerprint density at radius 3 is 2.94 bits per heavy atom. The van der Waals surface area contributed by atoms with Gasteiger partial charge in [0.1, 0.15) is 0 Å². The van der Waals surface area contributed by atoms with E-state index in [9.17, 15) is 4.79 Å². The van der Waals surface area contributed by atoms with Crippen LogP contribution in [0.5, 0.6) is 0 Å². The first-order chi connectivity index (χ1) is 7.75. The first kappa shape index (κ1) is 13.2. The number of hydrogen-bond donors (Lipinski definition) is 2. The number of carbonyl (C=O) groups is 1. The van der Waals surface area contributed by atoms with E-state index < -0.39 is 0 Å². The number of amides is 1. The Morgan fingerprint density at radius 1 is 1.50 bits per heavy atom. The highest BCUT2D eigenvalue weighted by Gasteiger charge is 2.12. The number of halogens is 1. The second-order valence-corrected chi connectivity index (χ2v) is 3.95. The summed E-state index contributed by atoms with van der Waals surface area (Å²) >= 11 is 3.22. The van der Waals surface area contributed by atoms with Crippen molar-refractivity contribution in [2.45, 2.75) is 0 Å². The Labute approximate surface area is 103 Å². The first-order valence-electron chi connectivity index (χ1n) is 4.96. The van der Waals surface area contributed by atoms with Crippen molar-refractivity contribution in [3.8, 4) is 0 Å². The van der Waals surface area contributed by atoms with Crippen LogP contribution in [-0.2, 0) is 4.74 Å². The smallest absolute Gasteiger partial charge is 0.288 e. The molecule has 0 aliphatic rings. The van der Waals surface area contributed by atoms with Crippen LogP contribution in [0, 0.1) is 0 Å². The van der Waals surface area contributed by atoms with Crippen LogP contribution in [0.3, 0.4) is 0 Å². The van der Waals surface area contributed by atoms with Crippen molar-refractivity contribution in [3.05, 3.63) is 22.6 Å². The summed E-state index contributed by atoms with van der Waals surface area (Å²) in [5, 5.41) is 5.86. The summed E-state index contributed by atoms with van der Waals surface area (Å²) in [4.78, 5) is 11.5. The number of ether oxygens (including phenoxy) is 1. The number of carbonyl (C=O) groups excluding carboxylic acids is 1. The molecule has 1 amide bonds. The van der Waals surface area contributed by atoms with Gasteiger partial charge in [0.15, 0.2) is 0 Å². The summed E-state index contributed by atoms with van der Waals surface area (Å²) < 4.78 is 10.6. The molecule has 6 heteroatoms. The van der Waals surface area contributed by atoms with Crippen LogP contribution in [0.1, 0.15) is 10.6 Å². The molecule has 0 radical (unpaired) electrons. The second-order valence-electron chi connectivity index (χ2n) is 3.10. The standard InChI is InChI=1S/C10H15BrN2O3/c1-15-7-5-12-3-4-13-10(14)9-8(11)2-6-16-9/h2,6,12H,3-5,7H2,1H3,(H,13,14). The van der Waals surface area contributed by atoms with E-state index in [0.717, 1.165) is 6.54 Å². The third-order valence-corrected chi connectivity index (χ3v) is 2.52. The van der Waals surface area contributed by atoms with Crippen LogP contribution in [-0.4, -0.2) is 39.3 Å². The van der Waals surface area contributed by atoms with Crippen LogP contribution < -0.4 is 10.6 Å². The topological polar surface area (TPSA) is 63.5 Å². The van der Waals surface area contributed by atoms with Crippen LogP contribution >= 0.6 is 15.9 Å². The Hall–Kier alpha value is -0.850. The van der Waals surface area contributed by atoms with E-state index in [1.54, 1.807) is 13.2 Å². The molecule has 2 N–H and O–H groups in total. The number of furan rings is 1. The minimum Gasteiger partial charge on any atom is -0.458 e. The molecule has 1 aromatic heterocycles. The van der Waals surface area contributed by atoms with Gasteiger partial charge in [-0.15, -0.1) is 0 Å². The SMILES string of the molecule is COCCNCCNC(=O)c1occc1Br. The van der Waals surface area contributed by atoms with Gasteiger partial charge < -0.3 is 19.8 Å². The molecular formula is C10H15BrN2O3. The second kappa shape index (κ2) is 7.43. The van der Waals surface area contributed by atoms with Crippen molar-refractivity contribution in [3.63, 3.8) is 0 Å². The molecule has 0 bridgehead atoms. The van der Waals surface area contributed by atoms with Crippen molar-refractivity contribution in [2.24, 2.45) is 0 Å². The average molecular weight is 291 g/mol. The third-order valence-electron chi connectivity index (χ3n) is 1.89. The zero-order chi connectivity index (χ0) is 11.8. The van der Waals surface area contributed by atoms with Gasteiger partial charge in [0.05, 0.1) is 17.3 Å². The number of rotatable bonds is 7. The van der Waals surface area contributed by atoms with Crippen LogP contribution in [0.2, 0.25) is 0 Å². The normalized spacial score (nSPS) is 10.4. The highest BCUT2D eigenvalue weighted by Crippen LogP contribution is 2.16. The van der Waals surface area contributed by atoms with Crippen molar-refractivity contribution < 1.29 is 13.9 Å². The molecule has 0 saturated heterocycles. The molecule has 1 heterocycles. The molecule has 1 aromatic rings. The molecule has 0 aromatic carbocycles. The highest BCUT2D eigenvalue weighted by atomic mass is 79.9. The molecule has 5 nitrogen and oxygen atoms in total. The number of methoxy groups -OCH3 is 1. The van der Waals surface area contributed by atoms with Crippen LogP contribution in [0.15, 0.2) is 21.2 Å². The summed E-state index contributed by atoms with van der Waals surface area (Å²) in [6, 6.07) is 1.69. The maximum atomic E-state index is 11.5. The lowest BCUT2D eigenvalue weighted by molar-refractivity contribution is 0.0925. The van der Waals surface area contributed by atoms with Crippen molar-refractivity contribution in [1.29, 1.82) is 0 Å². The molecule has 0 spiro atoms. The van der Waals surface area contributed by atoms with Gasteiger partial charge in [0.2, 0.25) is 5.76 Å². The molecule has 0 unspecified atom stereocenters. The van der Waals surface area contributed by atoms with Gasteiger partial charge in [-0.1, -0.05) is 0 Å². The fraction of sp³-hybridized carbons (Fsp3) is 0.500. The molecule has 0 atom stereocenters. The Bertz CT molecular complexity index is 328. The van der Waals surface area contributed by atoms with Gasteiger partial charge >= 0.3 is 0 Å². The summed E-state index contributed by atoms with van der Waals surface area (Å²) in [5.74, 6) is 0.0855. The first-order valence-corrected chi connectivity index (χ1v) is 5.76. The summed E-state index contributed by atoms with van der Waals surface area (Å²) in [6.07, 6.45) is 1.47. The van der Waals surface area contributed by atoms with Gasteiger partial charge in [-0.05, 0) is 22.0 Å². The van der Waals surface area contributed by atoms with Gasteiger partial charge in [0.25, 0.3) is 5.91 Å². The fourth-order valence-corrected chi connectivity index (χ4v) is 1.48. The quantitative estimate of drug-likeness (QED) is 0.736. The maximum absolute atomic E-state index is 11.5. The van der Waals surface area contributed by atoms with Crippen LogP contribution in [0.25, 0.3) is 0 Å². The Kier molecular flexibility index (Phi) is 6.14. The molecular weight excluding hydrogens is 276 g/mol. The van der Waals surface area contributed by atoms with Gasteiger partial charge in [-0.3, -0.25) is 4.79 Å². The van der Waals surface area contributed by atoms with Crippen molar-refractivity contribution in [2.75, 3.05) is 33.4 Å². The molecule has 0 saturated carbocycles. The summed E-state index contributed by atoms with van der Waals surface area (Å²) in [6.45, 7) is 2.69. The van der Waals surface area contributed by atoms with E-state index in [-0.39, 0.29) is 5.91 Å². The van der Waals surface area contributed by atoms with Gasteiger partial charge in [0, 0.05) is 26.7 Å². The third kappa shape index (κ3) is 4.34. The minimum atomic E-state index is -0.217. The van der Waals surface area contributed by atoms with E-state index in [1.165, 1.54) is 6.26 Å². The zero-order valence-electron chi connectivity index (χ0n) is 9.09.